The normalized spacial score (nSPS) is 11.0. The molecule has 3 rings (SSSR count). The Bertz CT molecular complexity index is 1150. The minimum Gasteiger partial charge on any atom is -0.455 e. The largest absolute Gasteiger partial charge is 0.455 e. The van der Waals surface area contributed by atoms with E-state index in [9.17, 15) is 13.2 Å². The number of nitrogens with zero attached hydrogens (tertiary/aromatic N) is 1. The van der Waals surface area contributed by atoms with Gasteiger partial charge < -0.3 is 10.1 Å². The molecule has 0 saturated heterocycles. The van der Waals surface area contributed by atoms with Gasteiger partial charge in [-0.25, -0.2) is 8.42 Å². The van der Waals surface area contributed by atoms with Gasteiger partial charge in [-0.3, -0.25) is 9.10 Å². The summed E-state index contributed by atoms with van der Waals surface area (Å²) in [4.78, 5) is 12.6. The molecule has 0 bridgehead atoms. The van der Waals surface area contributed by atoms with Gasteiger partial charge in [-0.05, 0) is 55.0 Å². The van der Waals surface area contributed by atoms with Gasteiger partial charge in [0, 0.05) is 10.2 Å². The highest BCUT2D eigenvalue weighted by molar-refractivity contribution is 9.10. The first-order valence-corrected chi connectivity index (χ1v) is 11.7. The summed E-state index contributed by atoms with van der Waals surface area (Å²) < 4.78 is 32.8. The summed E-state index contributed by atoms with van der Waals surface area (Å²) in [6.45, 7) is 1.52. The van der Waals surface area contributed by atoms with E-state index in [-0.39, 0.29) is 12.2 Å². The van der Waals surface area contributed by atoms with E-state index in [2.05, 4.69) is 21.2 Å². The van der Waals surface area contributed by atoms with E-state index in [1.807, 2.05) is 31.2 Å². The molecule has 6 nitrogen and oxygen atoms in total. The number of carbonyl (C=O) groups excluding carboxylic acids is 1. The highest BCUT2D eigenvalue weighted by atomic mass is 79.9. The van der Waals surface area contributed by atoms with E-state index in [4.69, 9.17) is 4.74 Å². The lowest BCUT2D eigenvalue weighted by molar-refractivity contribution is -0.114. The van der Waals surface area contributed by atoms with Crippen molar-refractivity contribution in [3.63, 3.8) is 0 Å². The minimum atomic E-state index is -3.75. The molecule has 0 unspecified atom stereocenters. The van der Waals surface area contributed by atoms with Crippen LogP contribution in [0, 0.1) is 6.92 Å². The van der Waals surface area contributed by atoms with Crippen molar-refractivity contribution < 1.29 is 17.9 Å². The third-order valence-electron chi connectivity index (χ3n) is 4.23. The highest BCUT2D eigenvalue weighted by Crippen LogP contribution is 2.33. The SMILES string of the molecule is Cc1cc(NC(=O)CN(c2ccccc2Oc2ccccc2)S(C)(=O)=O)ccc1Br. The summed E-state index contributed by atoms with van der Waals surface area (Å²) in [6.07, 6.45) is 1.06. The number of ether oxygens (including phenoxy) is 1. The molecular formula is C22H21BrN2O4S. The Hall–Kier alpha value is -2.84. The zero-order valence-electron chi connectivity index (χ0n) is 16.5. The van der Waals surface area contributed by atoms with Gasteiger partial charge in [0.15, 0.2) is 5.75 Å². The molecule has 0 heterocycles. The first kappa shape index (κ1) is 21.9. The Morgan fingerprint density at radius 1 is 1.03 bits per heavy atom. The second-order valence-corrected chi connectivity index (χ2v) is 9.43. The number of hydrogen-bond donors (Lipinski definition) is 1. The average Bonchev–Trinajstić information content (AvgIpc) is 2.70. The molecule has 0 aliphatic carbocycles. The number of nitrogens with one attached hydrogen (secondary N) is 1. The zero-order chi connectivity index (χ0) is 21.7. The van der Waals surface area contributed by atoms with Crippen molar-refractivity contribution in [2.24, 2.45) is 0 Å². The molecule has 0 aliphatic rings. The second kappa shape index (κ2) is 9.32. The molecule has 1 N–H and O–H groups in total. The number of benzene rings is 3. The van der Waals surface area contributed by atoms with Crippen LogP contribution in [0.15, 0.2) is 77.3 Å². The number of para-hydroxylation sites is 3. The first-order chi connectivity index (χ1) is 14.2. The van der Waals surface area contributed by atoms with Gasteiger partial charge in [-0.2, -0.15) is 0 Å². The molecular weight excluding hydrogens is 468 g/mol. The van der Waals surface area contributed by atoms with E-state index >= 15 is 0 Å². The number of hydrogen-bond acceptors (Lipinski definition) is 4. The maximum Gasteiger partial charge on any atom is 0.245 e. The number of anilines is 2. The first-order valence-electron chi connectivity index (χ1n) is 9.09. The van der Waals surface area contributed by atoms with Crippen LogP contribution in [0.4, 0.5) is 11.4 Å². The Balaban J connectivity index is 1.86. The predicted molar refractivity (Wildman–Crippen MR) is 123 cm³/mol. The van der Waals surface area contributed by atoms with Crippen LogP contribution in [0.25, 0.3) is 0 Å². The summed E-state index contributed by atoms with van der Waals surface area (Å²) in [7, 11) is -3.75. The molecule has 3 aromatic carbocycles. The van der Waals surface area contributed by atoms with Crippen LogP contribution in [0.3, 0.4) is 0 Å². The molecule has 0 fully saturated rings. The molecule has 3 aromatic rings. The molecule has 0 saturated carbocycles. The van der Waals surface area contributed by atoms with E-state index in [1.165, 1.54) is 0 Å². The van der Waals surface area contributed by atoms with E-state index in [0.29, 0.717) is 17.2 Å². The third kappa shape index (κ3) is 5.61. The van der Waals surface area contributed by atoms with Crippen molar-refractivity contribution in [3.8, 4) is 11.5 Å². The van der Waals surface area contributed by atoms with Gasteiger partial charge >= 0.3 is 0 Å². The maximum atomic E-state index is 12.6. The fraction of sp³-hybridized carbons (Fsp3) is 0.136. The van der Waals surface area contributed by atoms with Crippen molar-refractivity contribution in [3.05, 3.63) is 82.8 Å². The number of halogens is 1. The van der Waals surface area contributed by atoms with Crippen molar-refractivity contribution in [1.29, 1.82) is 0 Å². The molecule has 8 heteroatoms. The number of sulfonamides is 1. The molecule has 0 aromatic heterocycles. The van der Waals surface area contributed by atoms with Crippen LogP contribution >= 0.6 is 15.9 Å². The molecule has 0 aliphatic heterocycles. The molecule has 0 spiro atoms. The molecule has 0 atom stereocenters. The lowest BCUT2D eigenvalue weighted by Crippen LogP contribution is -2.37. The van der Waals surface area contributed by atoms with Crippen LogP contribution < -0.4 is 14.4 Å². The number of aryl methyl sites for hydroxylation is 1. The smallest absolute Gasteiger partial charge is 0.245 e. The third-order valence-corrected chi connectivity index (χ3v) is 6.25. The van der Waals surface area contributed by atoms with Gasteiger partial charge in [0.05, 0.1) is 11.9 Å². The molecule has 1 amide bonds. The molecule has 156 valence electrons. The monoisotopic (exact) mass is 488 g/mol. The van der Waals surface area contributed by atoms with E-state index in [0.717, 1.165) is 20.6 Å². The van der Waals surface area contributed by atoms with E-state index in [1.54, 1.807) is 48.5 Å². The number of amides is 1. The zero-order valence-corrected chi connectivity index (χ0v) is 18.9. The van der Waals surface area contributed by atoms with Crippen molar-refractivity contribution in [1.82, 2.24) is 0 Å². The fourth-order valence-electron chi connectivity index (χ4n) is 2.80. The minimum absolute atomic E-state index is 0.283. The Labute approximate surface area is 184 Å². The fourth-order valence-corrected chi connectivity index (χ4v) is 3.91. The van der Waals surface area contributed by atoms with Crippen LogP contribution in [-0.4, -0.2) is 27.1 Å². The summed E-state index contributed by atoms with van der Waals surface area (Å²) in [6, 6.07) is 21.1. The van der Waals surface area contributed by atoms with E-state index < -0.39 is 15.9 Å². The molecule has 30 heavy (non-hydrogen) atoms. The van der Waals surface area contributed by atoms with Crippen LogP contribution in [-0.2, 0) is 14.8 Å². The van der Waals surface area contributed by atoms with Gasteiger partial charge in [-0.1, -0.05) is 46.3 Å². The van der Waals surface area contributed by atoms with Crippen LogP contribution in [0.2, 0.25) is 0 Å². The standard InChI is InChI=1S/C22H21BrN2O4S/c1-16-14-17(12-13-19(16)23)24-22(26)15-25(30(2,27)28)20-10-6-7-11-21(20)29-18-8-4-3-5-9-18/h3-14H,15H2,1-2H3,(H,24,26). The quantitative estimate of drug-likeness (QED) is 0.510. The highest BCUT2D eigenvalue weighted by Gasteiger charge is 2.24. The van der Waals surface area contributed by atoms with Crippen molar-refractivity contribution in [2.75, 3.05) is 22.4 Å². The number of carbonyl (C=O) groups is 1. The Morgan fingerprint density at radius 3 is 2.37 bits per heavy atom. The Kier molecular flexibility index (Phi) is 6.79. The Morgan fingerprint density at radius 2 is 1.70 bits per heavy atom. The van der Waals surface area contributed by atoms with Crippen LogP contribution in [0.1, 0.15) is 5.56 Å². The lowest BCUT2D eigenvalue weighted by Gasteiger charge is -2.24. The topological polar surface area (TPSA) is 75.7 Å². The second-order valence-electron chi connectivity index (χ2n) is 6.66. The molecule has 0 radical (unpaired) electrons. The van der Waals surface area contributed by atoms with Gasteiger partial charge in [0.2, 0.25) is 15.9 Å². The van der Waals surface area contributed by atoms with Gasteiger partial charge in [0.1, 0.15) is 12.3 Å². The van der Waals surface area contributed by atoms with Crippen molar-refractivity contribution in [2.45, 2.75) is 6.92 Å². The summed E-state index contributed by atoms with van der Waals surface area (Å²) >= 11 is 3.41. The van der Waals surface area contributed by atoms with Crippen molar-refractivity contribution >= 4 is 43.2 Å². The predicted octanol–water partition coefficient (Wildman–Crippen LogP) is 4.95. The summed E-state index contributed by atoms with van der Waals surface area (Å²) in [5.41, 5.74) is 1.82. The summed E-state index contributed by atoms with van der Waals surface area (Å²) in [5, 5.41) is 2.74. The van der Waals surface area contributed by atoms with Gasteiger partial charge in [0.25, 0.3) is 0 Å². The average molecular weight is 489 g/mol. The maximum absolute atomic E-state index is 12.6. The van der Waals surface area contributed by atoms with Gasteiger partial charge in [-0.15, -0.1) is 0 Å². The summed E-state index contributed by atoms with van der Waals surface area (Å²) in [5.74, 6) is 0.436. The lowest BCUT2D eigenvalue weighted by atomic mass is 10.2. The number of rotatable bonds is 7. The van der Waals surface area contributed by atoms with Crippen LogP contribution in [0.5, 0.6) is 11.5 Å².